The molecule has 0 saturated heterocycles. The third-order valence-electron chi connectivity index (χ3n) is 4.16. The highest BCUT2D eigenvalue weighted by Crippen LogP contribution is 2.38. The topological polar surface area (TPSA) is 81.4 Å². The van der Waals surface area contributed by atoms with Crippen molar-refractivity contribution in [3.63, 3.8) is 0 Å². The van der Waals surface area contributed by atoms with Crippen LogP contribution in [-0.4, -0.2) is 17.9 Å². The van der Waals surface area contributed by atoms with Gasteiger partial charge in [0.25, 0.3) is 11.8 Å². The number of amides is 2. The Balaban J connectivity index is 1.77. The fourth-order valence-corrected chi connectivity index (χ4v) is 4.21. The second kappa shape index (κ2) is 7.23. The number of benzene rings is 1. The van der Waals surface area contributed by atoms with Gasteiger partial charge in [-0.2, -0.15) is 0 Å². The molecular formula is C18H19FN2O3S. The average molecular weight is 362 g/mol. The molecule has 5 nitrogen and oxygen atoms in total. The molecule has 1 atom stereocenters. The van der Waals surface area contributed by atoms with E-state index in [9.17, 15) is 14.0 Å². The molecule has 0 radical (unpaired) electrons. The Hall–Kier alpha value is -2.41. The Morgan fingerprint density at radius 3 is 2.72 bits per heavy atom. The molecule has 132 valence electrons. The van der Waals surface area contributed by atoms with Crippen molar-refractivity contribution in [2.24, 2.45) is 5.73 Å². The lowest BCUT2D eigenvalue weighted by Crippen LogP contribution is -2.31. The molecule has 25 heavy (non-hydrogen) atoms. The molecule has 0 saturated carbocycles. The van der Waals surface area contributed by atoms with Crippen molar-refractivity contribution in [1.29, 1.82) is 0 Å². The zero-order valence-corrected chi connectivity index (χ0v) is 14.6. The van der Waals surface area contributed by atoms with Crippen LogP contribution >= 0.6 is 11.3 Å². The van der Waals surface area contributed by atoms with Crippen LogP contribution < -0.4 is 15.8 Å². The molecule has 0 fully saturated rings. The second-order valence-electron chi connectivity index (χ2n) is 5.96. The number of thiophene rings is 1. The number of nitrogens with two attached hydrogens (primary N) is 1. The molecule has 1 aliphatic rings. The Morgan fingerprint density at radius 1 is 1.28 bits per heavy atom. The summed E-state index contributed by atoms with van der Waals surface area (Å²) >= 11 is 1.38. The number of fused-ring (bicyclic) bond motifs is 1. The van der Waals surface area contributed by atoms with Crippen LogP contribution in [0.3, 0.4) is 0 Å². The van der Waals surface area contributed by atoms with Crippen LogP contribution in [0.1, 0.15) is 40.6 Å². The summed E-state index contributed by atoms with van der Waals surface area (Å²) in [5, 5.41) is 3.17. The first-order valence-corrected chi connectivity index (χ1v) is 8.95. The predicted molar refractivity (Wildman–Crippen MR) is 94.6 cm³/mol. The third-order valence-corrected chi connectivity index (χ3v) is 5.37. The van der Waals surface area contributed by atoms with Gasteiger partial charge in [0.1, 0.15) is 5.00 Å². The minimum Gasteiger partial charge on any atom is -0.478 e. The van der Waals surface area contributed by atoms with Gasteiger partial charge in [-0.15, -0.1) is 11.3 Å². The van der Waals surface area contributed by atoms with Gasteiger partial charge in [0.2, 0.25) is 0 Å². The number of ether oxygens (including phenoxy) is 1. The molecule has 0 unspecified atom stereocenters. The van der Waals surface area contributed by atoms with Crippen molar-refractivity contribution in [3.8, 4) is 5.75 Å². The van der Waals surface area contributed by atoms with Crippen molar-refractivity contribution < 1.29 is 18.7 Å². The van der Waals surface area contributed by atoms with Gasteiger partial charge in [0.05, 0.1) is 5.56 Å². The molecule has 0 bridgehead atoms. The van der Waals surface area contributed by atoms with E-state index in [1.807, 2.05) is 0 Å². The molecular weight excluding hydrogens is 343 g/mol. The summed E-state index contributed by atoms with van der Waals surface area (Å²) in [4.78, 5) is 25.3. The van der Waals surface area contributed by atoms with E-state index < -0.39 is 23.7 Å². The number of primary amides is 1. The zero-order chi connectivity index (χ0) is 18.0. The van der Waals surface area contributed by atoms with Gasteiger partial charge in [-0.05, 0) is 50.3 Å². The van der Waals surface area contributed by atoms with Crippen LogP contribution in [0.5, 0.6) is 5.75 Å². The maximum absolute atomic E-state index is 13.6. The quantitative estimate of drug-likeness (QED) is 0.856. The summed E-state index contributed by atoms with van der Waals surface area (Å²) in [6.07, 6.45) is 2.83. The van der Waals surface area contributed by atoms with Crippen LogP contribution in [0.2, 0.25) is 0 Å². The standard InChI is InChI=1S/C18H19FN2O3S/c1-10(24-13-8-4-3-7-12(13)19)17(23)21-18-15(16(20)22)11-6-2-5-9-14(11)25-18/h3-4,7-8,10H,2,5-6,9H2,1H3,(H2,20,22)(H,21,23)/t10-/m1/s1. The van der Waals surface area contributed by atoms with Crippen LogP contribution in [0.25, 0.3) is 0 Å². The molecule has 1 heterocycles. The third kappa shape index (κ3) is 3.66. The molecule has 1 aromatic heterocycles. The maximum Gasteiger partial charge on any atom is 0.265 e. The van der Waals surface area contributed by atoms with Crippen LogP contribution in [0.15, 0.2) is 24.3 Å². The fraction of sp³-hybridized carbons (Fsp3) is 0.333. The normalized spacial score (nSPS) is 14.5. The number of halogens is 1. The number of hydrogen-bond donors (Lipinski definition) is 2. The first-order chi connectivity index (χ1) is 12.0. The summed E-state index contributed by atoms with van der Waals surface area (Å²) in [5.74, 6) is -1.53. The van der Waals surface area contributed by atoms with E-state index in [0.29, 0.717) is 10.6 Å². The number of aryl methyl sites for hydroxylation is 1. The Morgan fingerprint density at radius 2 is 2.00 bits per heavy atom. The molecule has 0 spiro atoms. The van der Waals surface area contributed by atoms with Crippen molar-refractivity contribution >= 4 is 28.2 Å². The number of carbonyl (C=O) groups is 2. The summed E-state index contributed by atoms with van der Waals surface area (Å²) in [6.45, 7) is 1.53. The number of nitrogens with one attached hydrogen (secondary N) is 1. The molecule has 3 N–H and O–H groups in total. The Labute approximate surface area is 149 Å². The molecule has 0 aliphatic heterocycles. The van der Waals surface area contributed by atoms with E-state index in [2.05, 4.69) is 5.32 Å². The number of para-hydroxylation sites is 1. The highest BCUT2D eigenvalue weighted by molar-refractivity contribution is 7.17. The van der Waals surface area contributed by atoms with Gasteiger partial charge >= 0.3 is 0 Å². The molecule has 1 aliphatic carbocycles. The van der Waals surface area contributed by atoms with Crippen molar-refractivity contribution in [2.45, 2.75) is 38.7 Å². The van der Waals surface area contributed by atoms with E-state index in [1.54, 1.807) is 12.1 Å². The lowest BCUT2D eigenvalue weighted by molar-refractivity contribution is -0.122. The first-order valence-electron chi connectivity index (χ1n) is 8.13. The molecule has 3 rings (SSSR count). The average Bonchev–Trinajstić information content (AvgIpc) is 2.94. The minimum atomic E-state index is -0.920. The number of carbonyl (C=O) groups excluding carboxylic acids is 2. The maximum atomic E-state index is 13.6. The molecule has 7 heteroatoms. The van der Waals surface area contributed by atoms with Crippen molar-refractivity contribution in [1.82, 2.24) is 0 Å². The van der Waals surface area contributed by atoms with Gasteiger partial charge in [0.15, 0.2) is 17.7 Å². The number of hydrogen-bond acceptors (Lipinski definition) is 4. The lowest BCUT2D eigenvalue weighted by atomic mass is 9.95. The highest BCUT2D eigenvalue weighted by atomic mass is 32.1. The van der Waals surface area contributed by atoms with Crippen molar-refractivity contribution in [2.75, 3.05) is 5.32 Å². The van der Waals surface area contributed by atoms with Crippen LogP contribution in [0.4, 0.5) is 9.39 Å². The SMILES string of the molecule is C[C@@H](Oc1ccccc1F)C(=O)Nc1sc2c(c1C(N)=O)CCCC2. The summed E-state index contributed by atoms with van der Waals surface area (Å²) in [5.41, 5.74) is 6.85. The van der Waals surface area contributed by atoms with Gasteiger partial charge in [-0.1, -0.05) is 12.1 Å². The van der Waals surface area contributed by atoms with E-state index in [0.717, 1.165) is 36.1 Å². The van der Waals surface area contributed by atoms with E-state index in [-0.39, 0.29) is 5.75 Å². The van der Waals surface area contributed by atoms with Crippen molar-refractivity contribution in [3.05, 3.63) is 46.1 Å². The number of anilines is 1. The zero-order valence-electron chi connectivity index (χ0n) is 13.8. The van der Waals surface area contributed by atoms with Gasteiger partial charge < -0.3 is 15.8 Å². The Kier molecular flexibility index (Phi) is 5.03. The fourth-order valence-electron chi connectivity index (χ4n) is 2.91. The second-order valence-corrected chi connectivity index (χ2v) is 7.06. The molecule has 1 aromatic carbocycles. The van der Waals surface area contributed by atoms with E-state index in [1.165, 1.54) is 30.4 Å². The summed E-state index contributed by atoms with van der Waals surface area (Å²) < 4.78 is 19.0. The molecule has 2 amide bonds. The number of rotatable bonds is 5. The van der Waals surface area contributed by atoms with E-state index in [4.69, 9.17) is 10.5 Å². The van der Waals surface area contributed by atoms with Gasteiger partial charge in [0, 0.05) is 4.88 Å². The Bertz CT molecular complexity index is 819. The summed E-state index contributed by atoms with van der Waals surface area (Å²) in [7, 11) is 0. The van der Waals surface area contributed by atoms with Crippen LogP contribution in [0, 0.1) is 5.82 Å². The molecule has 2 aromatic rings. The smallest absolute Gasteiger partial charge is 0.265 e. The lowest BCUT2D eigenvalue weighted by Gasteiger charge is -2.15. The predicted octanol–water partition coefficient (Wildman–Crippen LogP) is 3.27. The largest absolute Gasteiger partial charge is 0.478 e. The van der Waals surface area contributed by atoms with E-state index >= 15 is 0 Å². The van der Waals surface area contributed by atoms with Crippen LogP contribution in [-0.2, 0) is 17.6 Å². The van der Waals surface area contributed by atoms with Gasteiger partial charge in [-0.3, -0.25) is 9.59 Å². The van der Waals surface area contributed by atoms with Gasteiger partial charge in [-0.25, -0.2) is 4.39 Å². The first kappa shape index (κ1) is 17.4. The minimum absolute atomic E-state index is 0.00532. The monoisotopic (exact) mass is 362 g/mol. The summed E-state index contributed by atoms with van der Waals surface area (Å²) in [6, 6.07) is 5.89. The highest BCUT2D eigenvalue weighted by Gasteiger charge is 2.26.